The van der Waals surface area contributed by atoms with Gasteiger partial charge in [-0.3, -0.25) is 0 Å². The summed E-state index contributed by atoms with van der Waals surface area (Å²) in [6.45, 7) is 1.60. The van der Waals surface area contributed by atoms with Crippen LogP contribution >= 0.6 is 0 Å². The van der Waals surface area contributed by atoms with Crippen LogP contribution in [0.25, 0.3) is 0 Å². The lowest BCUT2D eigenvalue weighted by molar-refractivity contribution is 0.0691. The molecule has 0 atom stereocenters. The highest BCUT2D eigenvalue weighted by molar-refractivity contribution is 5.90. The van der Waals surface area contributed by atoms with Gasteiger partial charge in [0.25, 0.3) is 0 Å². The van der Waals surface area contributed by atoms with E-state index in [1.807, 2.05) is 0 Å². The first-order valence-corrected chi connectivity index (χ1v) is 3.15. The molecule has 6 heteroatoms. The van der Waals surface area contributed by atoms with Gasteiger partial charge in [-0.2, -0.15) is 0 Å². The molecule has 0 aliphatic rings. The molecule has 0 saturated carbocycles. The molecule has 6 nitrogen and oxygen atoms in total. The van der Waals surface area contributed by atoms with Gasteiger partial charge in [0, 0.05) is 0 Å². The molecule has 1 rings (SSSR count). The van der Waals surface area contributed by atoms with Crippen molar-refractivity contribution in [3.8, 4) is 0 Å². The molecule has 1 heterocycles. The minimum Gasteiger partial charge on any atom is -0.476 e. The van der Waals surface area contributed by atoms with Gasteiger partial charge in [-0.25, -0.2) is 14.8 Å². The lowest BCUT2D eigenvalue weighted by atomic mass is 10.3. The zero-order valence-corrected chi connectivity index (χ0v) is 6.40. The lowest BCUT2D eigenvalue weighted by Crippen LogP contribution is -2.11. The highest BCUT2D eigenvalue weighted by atomic mass is 16.4. The molecule has 0 aliphatic heterocycles. The molecule has 1 aromatic rings. The van der Waals surface area contributed by atoms with Crippen LogP contribution in [0.3, 0.4) is 0 Å². The monoisotopic (exact) mass is 168 g/mol. The van der Waals surface area contributed by atoms with Crippen LogP contribution in [-0.2, 0) is 0 Å². The number of carboxylic acid groups (broad SMARTS) is 1. The van der Waals surface area contributed by atoms with Crippen LogP contribution in [0.5, 0.6) is 0 Å². The van der Waals surface area contributed by atoms with Gasteiger partial charge >= 0.3 is 5.97 Å². The van der Waals surface area contributed by atoms with Crippen molar-refractivity contribution in [2.24, 2.45) is 0 Å². The van der Waals surface area contributed by atoms with Crippen molar-refractivity contribution in [1.82, 2.24) is 9.97 Å². The molecule has 1 aromatic heterocycles. The fourth-order valence-electron chi connectivity index (χ4n) is 0.707. The number of nitrogens with two attached hydrogens (primary N) is 2. The Labute approximate surface area is 68.2 Å². The van der Waals surface area contributed by atoms with Crippen molar-refractivity contribution in [1.29, 1.82) is 0 Å². The molecule has 5 N–H and O–H groups in total. The Morgan fingerprint density at radius 3 is 2.42 bits per heavy atom. The summed E-state index contributed by atoms with van der Waals surface area (Å²) in [4.78, 5) is 17.7. The van der Waals surface area contributed by atoms with Gasteiger partial charge in [-0.05, 0) is 6.92 Å². The molecule has 0 aromatic carbocycles. The van der Waals surface area contributed by atoms with Gasteiger partial charge in [-0.15, -0.1) is 0 Å². The maximum absolute atomic E-state index is 10.4. The number of aromatic carboxylic acids is 1. The smallest absolute Gasteiger partial charge is 0.358 e. The Morgan fingerprint density at radius 1 is 1.33 bits per heavy atom. The van der Waals surface area contributed by atoms with Crippen molar-refractivity contribution >= 4 is 17.6 Å². The van der Waals surface area contributed by atoms with Crippen molar-refractivity contribution in [3.63, 3.8) is 0 Å². The second kappa shape index (κ2) is 2.65. The number of anilines is 2. The molecule has 0 unspecified atom stereocenters. The second-order valence-electron chi connectivity index (χ2n) is 2.23. The predicted molar refractivity (Wildman–Crippen MR) is 42.6 cm³/mol. The Kier molecular flexibility index (Phi) is 1.82. The number of nitrogens with zero attached hydrogens (tertiary/aromatic N) is 2. The summed E-state index contributed by atoms with van der Waals surface area (Å²) in [7, 11) is 0. The van der Waals surface area contributed by atoms with E-state index in [1.165, 1.54) is 0 Å². The first-order valence-electron chi connectivity index (χ1n) is 3.15. The summed E-state index contributed by atoms with van der Waals surface area (Å²) in [6, 6.07) is 0. The van der Waals surface area contributed by atoms with Gasteiger partial charge < -0.3 is 16.6 Å². The van der Waals surface area contributed by atoms with Crippen molar-refractivity contribution in [2.45, 2.75) is 6.92 Å². The molecular formula is C6H8N4O2. The largest absolute Gasteiger partial charge is 0.476 e. The Hall–Kier alpha value is -1.85. The third kappa shape index (κ3) is 1.26. The minimum absolute atomic E-state index is 0.0848. The van der Waals surface area contributed by atoms with E-state index in [2.05, 4.69) is 9.97 Å². The van der Waals surface area contributed by atoms with Crippen LogP contribution in [0, 0.1) is 6.92 Å². The Balaban J connectivity index is 3.33. The van der Waals surface area contributed by atoms with Gasteiger partial charge in [0.15, 0.2) is 11.5 Å². The number of carbonyl (C=O) groups is 1. The molecular weight excluding hydrogens is 160 g/mol. The SMILES string of the molecule is Cc1nc(N)c(C(=O)O)nc1N. The van der Waals surface area contributed by atoms with E-state index in [-0.39, 0.29) is 17.3 Å². The van der Waals surface area contributed by atoms with Crippen LogP contribution < -0.4 is 11.5 Å². The number of nitrogen functional groups attached to an aromatic ring is 2. The van der Waals surface area contributed by atoms with E-state index in [1.54, 1.807) is 6.92 Å². The highest BCUT2D eigenvalue weighted by Crippen LogP contribution is 2.11. The van der Waals surface area contributed by atoms with Crippen LogP contribution in [0.2, 0.25) is 0 Å². The summed E-state index contributed by atoms with van der Waals surface area (Å²) in [5, 5.41) is 8.54. The van der Waals surface area contributed by atoms with E-state index in [9.17, 15) is 4.79 Å². The van der Waals surface area contributed by atoms with Crippen LogP contribution in [0.1, 0.15) is 16.2 Å². The average Bonchev–Trinajstić information content (AvgIpc) is 1.96. The fourth-order valence-corrected chi connectivity index (χ4v) is 0.707. The van der Waals surface area contributed by atoms with Gasteiger partial charge in [-0.1, -0.05) is 0 Å². The summed E-state index contributed by atoms with van der Waals surface area (Å²) in [5.74, 6) is -1.26. The second-order valence-corrected chi connectivity index (χ2v) is 2.23. The standard InChI is InChI=1S/C6H8N4O2/c1-2-4(7)10-3(6(11)12)5(8)9-2/h1H3,(H2,7,10)(H2,8,9)(H,11,12). The maximum atomic E-state index is 10.4. The van der Waals surface area contributed by atoms with E-state index in [0.29, 0.717) is 5.69 Å². The first-order chi connectivity index (χ1) is 5.52. The number of hydrogen-bond donors (Lipinski definition) is 3. The van der Waals surface area contributed by atoms with Crippen molar-refractivity contribution < 1.29 is 9.90 Å². The highest BCUT2D eigenvalue weighted by Gasteiger charge is 2.12. The van der Waals surface area contributed by atoms with E-state index >= 15 is 0 Å². The third-order valence-corrected chi connectivity index (χ3v) is 1.34. The lowest BCUT2D eigenvalue weighted by Gasteiger charge is -2.02. The van der Waals surface area contributed by atoms with Crippen molar-refractivity contribution in [3.05, 3.63) is 11.4 Å². The molecule has 0 spiro atoms. The number of hydrogen-bond acceptors (Lipinski definition) is 5. The van der Waals surface area contributed by atoms with Gasteiger partial charge in [0.1, 0.15) is 5.82 Å². The molecule has 0 saturated heterocycles. The summed E-state index contributed by atoms with van der Waals surface area (Å²) >= 11 is 0. The quantitative estimate of drug-likeness (QED) is 0.527. The molecule has 0 amide bonds. The Bertz CT molecular complexity index is 337. The molecule has 0 radical (unpaired) electrons. The Morgan fingerprint density at radius 2 is 1.92 bits per heavy atom. The van der Waals surface area contributed by atoms with E-state index in [0.717, 1.165) is 0 Å². The summed E-state index contributed by atoms with van der Waals surface area (Å²) < 4.78 is 0. The van der Waals surface area contributed by atoms with Crippen LogP contribution in [-0.4, -0.2) is 21.0 Å². The molecule has 0 aliphatic carbocycles. The number of rotatable bonds is 1. The average molecular weight is 168 g/mol. The zero-order valence-electron chi connectivity index (χ0n) is 6.40. The number of aromatic nitrogens is 2. The van der Waals surface area contributed by atoms with E-state index < -0.39 is 5.97 Å². The molecule has 0 fully saturated rings. The van der Waals surface area contributed by atoms with Gasteiger partial charge in [0.2, 0.25) is 0 Å². The fraction of sp³-hybridized carbons (Fsp3) is 0.167. The third-order valence-electron chi connectivity index (χ3n) is 1.34. The number of carboxylic acids is 1. The number of aryl methyl sites for hydroxylation is 1. The van der Waals surface area contributed by atoms with Crippen LogP contribution in [0.15, 0.2) is 0 Å². The normalized spacial score (nSPS) is 9.75. The maximum Gasteiger partial charge on any atom is 0.358 e. The summed E-state index contributed by atoms with van der Waals surface area (Å²) in [5.41, 5.74) is 10.7. The van der Waals surface area contributed by atoms with Crippen molar-refractivity contribution in [2.75, 3.05) is 11.5 Å². The summed E-state index contributed by atoms with van der Waals surface area (Å²) in [6.07, 6.45) is 0. The zero-order chi connectivity index (χ0) is 9.30. The molecule has 12 heavy (non-hydrogen) atoms. The van der Waals surface area contributed by atoms with Crippen LogP contribution in [0.4, 0.5) is 11.6 Å². The topological polar surface area (TPSA) is 115 Å². The minimum atomic E-state index is -1.23. The molecule has 0 bridgehead atoms. The predicted octanol–water partition coefficient (Wildman–Crippen LogP) is -0.352. The van der Waals surface area contributed by atoms with Gasteiger partial charge in [0.05, 0.1) is 5.69 Å². The van der Waals surface area contributed by atoms with E-state index in [4.69, 9.17) is 16.6 Å². The molecule has 64 valence electrons. The first kappa shape index (κ1) is 8.25.